The molecule has 1 fully saturated rings. The third-order valence-electron chi connectivity index (χ3n) is 5.40. The van der Waals surface area contributed by atoms with E-state index in [1.165, 1.54) is 11.8 Å². The second-order valence-corrected chi connectivity index (χ2v) is 8.55. The number of amides is 2. The van der Waals surface area contributed by atoms with Crippen LogP contribution in [0.2, 0.25) is 0 Å². The van der Waals surface area contributed by atoms with Crippen LogP contribution in [0.25, 0.3) is 0 Å². The lowest BCUT2D eigenvalue weighted by Crippen LogP contribution is -2.39. The van der Waals surface area contributed by atoms with Crippen molar-refractivity contribution in [2.45, 2.75) is 37.3 Å². The number of benzene rings is 1. The van der Waals surface area contributed by atoms with Crippen LogP contribution in [0.5, 0.6) is 0 Å². The van der Waals surface area contributed by atoms with Gasteiger partial charge in [0.25, 0.3) is 0 Å². The molecule has 1 aliphatic heterocycles. The van der Waals surface area contributed by atoms with Gasteiger partial charge in [-0.2, -0.15) is 0 Å². The van der Waals surface area contributed by atoms with Crippen molar-refractivity contribution in [2.75, 3.05) is 25.9 Å². The lowest BCUT2D eigenvalue weighted by molar-refractivity contribution is -0.132. The summed E-state index contributed by atoms with van der Waals surface area (Å²) in [6.45, 7) is 2.24. The van der Waals surface area contributed by atoms with E-state index < -0.39 is 0 Å². The summed E-state index contributed by atoms with van der Waals surface area (Å²) < 4.78 is 0. The third-order valence-corrected chi connectivity index (χ3v) is 6.33. The van der Waals surface area contributed by atoms with Gasteiger partial charge in [0.2, 0.25) is 11.8 Å². The topological polar surface area (TPSA) is 53.5 Å². The van der Waals surface area contributed by atoms with Crippen molar-refractivity contribution in [1.82, 2.24) is 14.8 Å². The van der Waals surface area contributed by atoms with E-state index in [1.54, 1.807) is 6.20 Å². The molecule has 2 heterocycles. The summed E-state index contributed by atoms with van der Waals surface area (Å²) in [4.78, 5) is 32.9. The van der Waals surface area contributed by atoms with Crippen molar-refractivity contribution in [1.29, 1.82) is 0 Å². The van der Waals surface area contributed by atoms with E-state index in [4.69, 9.17) is 0 Å². The van der Waals surface area contributed by atoms with Gasteiger partial charge in [0.05, 0.1) is 10.8 Å². The van der Waals surface area contributed by atoms with Crippen molar-refractivity contribution in [3.05, 3.63) is 60.3 Å². The van der Waals surface area contributed by atoms with Crippen molar-refractivity contribution in [3.63, 3.8) is 0 Å². The highest BCUT2D eigenvalue weighted by Gasteiger charge is 2.23. The summed E-state index contributed by atoms with van der Waals surface area (Å²) in [6.07, 6.45) is 5.20. The number of aromatic nitrogens is 1. The Kier molecular flexibility index (Phi) is 8.11. The minimum Gasteiger partial charge on any atom is -0.342 e. The summed E-state index contributed by atoms with van der Waals surface area (Å²) in [6, 6.07) is 15.8. The predicted molar refractivity (Wildman–Crippen MR) is 116 cm³/mol. The molecular formula is C23H29N3O2S. The molecule has 0 unspecified atom stereocenters. The Balaban J connectivity index is 1.34. The SMILES string of the molecule is CN(Cc1ccccc1)C(=O)CCC1CCN(C(=O)CSc2ccccn2)CC1. The van der Waals surface area contributed by atoms with Gasteiger partial charge >= 0.3 is 0 Å². The number of carbonyl (C=O) groups excluding carboxylic acids is 2. The fourth-order valence-corrected chi connectivity index (χ4v) is 4.36. The number of hydrogen-bond acceptors (Lipinski definition) is 4. The van der Waals surface area contributed by atoms with Crippen LogP contribution in [-0.2, 0) is 16.1 Å². The molecule has 3 rings (SSSR count). The number of hydrogen-bond donors (Lipinski definition) is 0. The molecule has 5 nitrogen and oxygen atoms in total. The molecule has 2 aromatic rings. The number of likely N-dealkylation sites (tertiary alicyclic amines) is 1. The fraction of sp³-hybridized carbons (Fsp3) is 0.435. The van der Waals surface area contributed by atoms with Crippen LogP contribution in [-0.4, -0.2) is 52.5 Å². The second-order valence-electron chi connectivity index (χ2n) is 7.55. The third kappa shape index (κ3) is 6.89. The Hall–Kier alpha value is -2.34. The summed E-state index contributed by atoms with van der Waals surface area (Å²) in [5, 5.41) is 0.883. The molecule has 0 radical (unpaired) electrons. The summed E-state index contributed by atoms with van der Waals surface area (Å²) >= 11 is 1.49. The Labute approximate surface area is 177 Å². The first-order valence-electron chi connectivity index (χ1n) is 10.2. The Morgan fingerprint density at radius 3 is 2.52 bits per heavy atom. The molecule has 0 aliphatic carbocycles. The van der Waals surface area contributed by atoms with Crippen LogP contribution < -0.4 is 0 Å². The molecule has 0 saturated carbocycles. The first kappa shape index (κ1) is 21.4. The molecule has 6 heteroatoms. The average Bonchev–Trinajstić information content (AvgIpc) is 2.77. The quantitative estimate of drug-likeness (QED) is 0.619. The zero-order chi connectivity index (χ0) is 20.5. The number of carbonyl (C=O) groups is 2. The van der Waals surface area contributed by atoms with Gasteiger partial charge in [0, 0.05) is 39.3 Å². The average molecular weight is 412 g/mol. The van der Waals surface area contributed by atoms with E-state index in [0.29, 0.717) is 24.6 Å². The van der Waals surface area contributed by atoms with E-state index in [1.807, 2.05) is 65.4 Å². The molecule has 0 spiro atoms. The molecule has 1 aromatic heterocycles. The highest BCUT2D eigenvalue weighted by atomic mass is 32.2. The van der Waals surface area contributed by atoms with Crippen LogP contribution in [0.4, 0.5) is 0 Å². The van der Waals surface area contributed by atoms with Crippen LogP contribution in [0, 0.1) is 5.92 Å². The van der Waals surface area contributed by atoms with Crippen LogP contribution in [0.3, 0.4) is 0 Å². The van der Waals surface area contributed by atoms with E-state index in [2.05, 4.69) is 4.98 Å². The first-order chi connectivity index (χ1) is 14.1. The minimum atomic E-state index is 0.178. The van der Waals surface area contributed by atoms with Gasteiger partial charge in [0.15, 0.2) is 0 Å². The lowest BCUT2D eigenvalue weighted by Gasteiger charge is -2.32. The number of thioether (sulfide) groups is 1. The number of nitrogens with zero attached hydrogens (tertiary/aromatic N) is 3. The minimum absolute atomic E-state index is 0.178. The van der Waals surface area contributed by atoms with Gasteiger partial charge in [0.1, 0.15) is 0 Å². The maximum Gasteiger partial charge on any atom is 0.232 e. The number of pyridine rings is 1. The molecule has 2 amide bonds. The Morgan fingerprint density at radius 2 is 1.83 bits per heavy atom. The van der Waals surface area contributed by atoms with Crippen LogP contribution >= 0.6 is 11.8 Å². The Bertz CT molecular complexity index is 777. The van der Waals surface area contributed by atoms with Gasteiger partial charge in [-0.3, -0.25) is 9.59 Å². The molecule has 29 heavy (non-hydrogen) atoms. The summed E-state index contributed by atoms with van der Waals surface area (Å²) in [5.74, 6) is 1.33. The molecular weight excluding hydrogens is 382 g/mol. The smallest absolute Gasteiger partial charge is 0.232 e. The normalized spacial score (nSPS) is 14.6. The second kappa shape index (κ2) is 11.0. The molecule has 0 bridgehead atoms. The van der Waals surface area contributed by atoms with Gasteiger partial charge in [-0.05, 0) is 42.9 Å². The van der Waals surface area contributed by atoms with Crippen molar-refractivity contribution in [2.24, 2.45) is 5.92 Å². The maximum absolute atomic E-state index is 12.4. The van der Waals surface area contributed by atoms with Crippen LogP contribution in [0.1, 0.15) is 31.2 Å². The monoisotopic (exact) mass is 411 g/mol. The van der Waals surface area contributed by atoms with Gasteiger partial charge in [-0.15, -0.1) is 0 Å². The van der Waals surface area contributed by atoms with E-state index in [-0.39, 0.29) is 11.8 Å². The van der Waals surface area contributed by atoms with Gasteiger partial charge in [-0.25, -0.2) is 4.98 Å². The van der Waals surface area contributed by atoms with E-state index in [0.717, 1.165) is 42.9 Å². The molecule has 154 valence electrons. The predicted octanol–water partition coefficient (Wildman–Crippen LogP) is 3.85. The van der Waals surface area contributed by atoms with Crippen LogP contribution in [0.15, 0.2) is 59.8 Å². The molecule has 0 atom stereocenters. The maximum atomic E-state index is 12.4. The van der Waals surface area contributed by atoms with Gasteiger partial charge in [-0.1, -0.05) is 48.2 Å². The summed E-state index contributed by atoms with van der Waals surface area (Å²) in [7, 11) is 1.87. The summed E-state index contributed by atoms with van der Waals surface area (Å²) in [5.41, 5.74) is 1.15. The molecule has 1 aliphatic rings. The van der Waals surface area contributed by atoms with E-state index >= 15 is 0 Å². The lowest BCUT2D eigenvalue weighted by atomic mass is 9.92. The number of piperidine rings is 1. The standard InChI is InChI=1S/C23H29N3O2S/c1-25(17-20-7-3-2-4-8-20)22(27)11-10-19-12-15-26(16-13-19)23(28)18-29-21-9-5-6-14-24-21/h2-9,14,19H,10-13,15-18H2,1H3. The van der Waals surface area contributed by atoms with E-state index in [9.17, 15) is 9.59 Å². The van der Waals surface area contributed by atoms with Gasteiger partial charge < -0.3 is 9.80 Å². The molecule has 1 saturated heterocycles. The highest BCUT2D eigenvalue weighted by molar-refractivity contribution is 7.99. The van der Waals surface area contributed by atoms with Crippen molar-refractivity contribution in [3.8, 4) is 0 Å². The molecule has 0 N–H and O–H groups in total. The fourth-order valence-electron chi connectivity index (χ4n) is 3.59. The highest BCUT2D eigenvalue weighted by Crippen LogP contribution is 2.24. The molecule has 1 aromatic carbocycles. The van der Waals surface area contributed by atoms with Crippen molar-refractivity contribution >= 4 is 23.6 Å². The number of rotatable bonds is 8. The van der Waals surface area contributed by atoms with Crippen molar-refractivity contribution < 1.29 is 9.59 Å². The Morgan fingerprint density at radius 1 is 1.10 bits per heavy atom. The first-order valence-corrected chi connectivity index (χ1v) is 11.2. The zero-order valence-electron chi connectivity index (χ0n) is 17.0. The largest absolute Gasteiger partial charge is 0.342 e. The zero-order valence-corrected chi connectivity index (χ0v) is 17.8.